The second kappa shape index (κ2) is 7.04. The van der Waals surface area contributed by atoms with Crippen molar-refractivity contribution in [3.05, 3.63) is 53.0 Å². The number of rotatable bonds is 4. The summed E-state index contributed by atoms with van der Waals surface area (Å²) in [4.78, 5) is 28.9. The summed E-state index contributed by atoms with van der Waals surface area (Å²) >= 11 is 1.41. The molecule has 2 atom stereocenters. The highest BCUT2D eigenvalue weighted by Gasteiger charge is 2.38. The van der Waals surface area contributed by atoms with E-state index in [4.69, 9.17) is 4.55 Å². The highest BCUT2D eigenvalue weighted by atomic mass is 32.2. The molecule has 0 saturated carbocycles. The number of carbonyl (C=O) groups is 1. The standard InChI is InChI=1S/C14H13FN4O4S2/c15-10-8-9(17-6-1-5-16-14(17)21)2-3-11(10)18-7-4-12(13(18)20)19(24)25(22)23/h1-3,5-6,8,12,24H,4,7H2,(H,22,23). The largest absolute Gasteiger partial charge is 0.352 e. The van der Waals surface area contributed by atoms with Crippen LogP contribution in [0.4, 0.5) is 10.1 Å². The fraction of sp³-hybridized carbons (Fsp3) is 0.214. The molecule has 11 heteroatoms. The third-order valence-corrected chi connectivity index (χ3v) is 5.09. The fourth-order valence-corrected chi connectivity index (χ4v) is 3.26. The SMILES string of the molecule is O=C1C(N(S)S(=O)O)CCN1c1ccc(-n2cccnc2=O)cc1F. The van der Waals surface area contributed by atoms with Gasteiger partial charge in [-0.3, -0.25) is 13.9 Å². The van der Waals surface area contributed by atoms with Gasteiger partial charge in [0.15, 0.2) is 0 Å². The second-order valence-corrected chi connectivity index (χ2v) is 6.79. The highest BCUT2D eigenvalue weighted by Crippen LogP contribution is 2.29. The van der Waals surface area contributed by atoms with Crippen molar-refractivity contribution in [2.24, 2.45) is 0 Å². The van der Waals surface area contributed by atoms with Crippen LogP contribution in [0.5, 0.6) is 0 Å². The molecule has 1 aliphatic rings. The van der Waals surface area contributed by atoms with Crippen molar-refractivity contribution in [2.45, 2.75) is 12.5 Å². The van der Waals surface area contributed by atoms with E-state index in [1.807, 2.05) is 0 Å². The van der Waals surface area contributed by atoms with E-state index < -0.39 is 34.7 Å². The molecule has 3 rings (SSSR count). The van der Waals surface area contributed by atoms with Gasteiger partial charge in [-0.05, 0) is 24.6 Å². The molecule has 0 radical (unpaired) electrons. The molecule has 2 unspecified atom stereocenters. The Kier molecular flexibility index (Phi) is 4.99. The fourth-order valence-electron chi connectivity index (χ4n) is 2.64. The summed E-state index contributed by atoms with van der Waals surface area (Å²) in [6.07, 6.45) is 3.02. The summed E-state index contributed by atoms with van der Waals surface area (Å²) in [6, 6.07) is 4.61. The summed E-state index contributed by atoms with van der Waals surface area (Å²) in [7, 11) is 0. The third kappa shape index (κ3) is 3.35. The molecule has 2 aromatic rings. The first kappa shape index (κ1) is 17.7. The maximum Gasteiger partial charge on any atom is 0.352 e. The van der Waals surface area contributed by atoms with Crippen molar-refractivity contribution in [1.82, 2.24) is 13.3 Å². The molecule has 1 N–H and O–H groups in total. The molecule has 1 fully saturated rings. The van der Waals surface area contributed by atoms with Crippen molar-refractivity contribution >= 4 is 35.7 Å². The summed E-state index contributed by atoms with van der Waals surface area (Å²) < 4.78 is 36.5. The average Bonchev–Trinajstić information content (AvgIpc) is 2.95. The molecule has 132 valence electrons. The second-order valence-electron chi connectivity index (χ2n) is 5.24. The van der Waals surface area contributed by atoms with Gasteiger partial charge in [-0.15, -0.1) is 3.71 Å². The summed E-state index contributed by atoms with van der Waals surface area (Å²) in [5.74, 6) is -1.22. The van der Waals surface area contributed by atoms with Gasteiger partial charge in [-0.1, -0.05) is 12.8 Å². The molecule has 25 heavy (non-hydrogen) atoms. The van der Waals surface area contributed by atoms with Gasteiger partial charge in [0.2, 0.25) is 17.2 Å². The van der Waals surface area contributed by atoms with E-state index >= 15 is 0 Å². The Labute approximate surface area is 149 Å². The predicted octanol–water partition coefficient (Wildman–Crippen LogP) is 0.760. The van der Waals surface area contributed by atoms with E-state index in [0.29, 0.717) is 0 Å². The van der Waals surface area contributed by atoms with Gasteiger partial charge in [-0.2, -0.15) is 0 Å². The van der Waals surface area contributed by atoms with Crippen LogP contribution in [0.1, 0.15) is 6.42 Å². The number of anilines is 1. The van der Waals surface area contributed by atoms with E-state index in [1.54, 1.807) is 0 Å². The number of benzene rings is 1. The molecule has 1 aromatic carbocycles. The smallest absolute Gasteiger partial charge is 0.308 e. The predicted molar refractivity (Wildman–Crippen MR) is 92.1 cm³/mol. The van der Waals surface area contributed by atoms with E-state index in [9.17, 15) is 18.2 Å². The van der Waals surface area contributed by atoms with Gasteiger partial charge >= 0.3 is 5.69 Å². The van der Waals surface area contributed by atoms with Crippen LogP contribution in [0.2, 0.25) is 0 Å². The van der Waals surface area contributed by atoms with Crippen LogP contribution in [-0.2, 0) is 16.1 Å². The molecule has 1 saturated heterocycles. The molecule has 1 aromatic heterocycles. The van der Waals surface area contributed by atoms with Crippen molar-refractivity contribution in [2.75, 3.05) is 11.4 Å². The Balaban J connectivity index is 1.90. The number of hydrogen-bond acceptors (Lipinski definition) is 5. The minimum Gasteiger partial charge on any atom is -0.308 e. The monoisotopic (exact) mass is 384 g/mol. The Morgan fingerprint density at radius 3 is 2.80 bits per heavy atom. The lowest BCUT2D eigenvalue weighted by molar-refractivity contribution is -0.119. The van der Waals surface area contributed by atoms with E-state index in [-0.39, 0.29) is 24.3 Å². The van der Waals surface area contributed by atoms with Crippen molar-refractivity contribution in [3.8, 4) is 5.69 Å². The molecule has 0 bridgehead atoms. The minimum absolute atomic E-state index is 0.0265. The van der Waals surface area contributed by atoms with Gasteiger partial charge in [0.05, 0.1) is 11.4 Å². The van der Waals surface area contributed by atoms with Gasteiger partial charge in [0, 0.05) is 25.0 Å². The van der Waals surface area contributed by atoms with Gasteiger partial charge in [0.1, 0.15) is 11.9 Å². The Morgan fingerprint density at radius 2 is 2.16 bits per heavy atom. The number of amides is 1. The molecule has 2 heterocycles. The van der Waals surface area contributed by atoms with E-state index in [1.165, 1.54) is 40.1 Å². The topological polar surface area (TPSA) is 95.7 Å². The van der Waals surface area contributed by atoms with Gasteiger partial charge in [0.25, 0.3) is 0 Å². The number of nitrogens with zero attached hydrogens (tertiary/aromatic N) is 4. The Morgan fingerprint density at radius 1 is 1.40 bits per heavy atom. The quantitative estimate of drug-likeness (QED) is 0.599. The number of carbonyl (C=O) groups excluding carboxylic acids is 1. The van der Waals surface area contributed by atoms with Gasteiger partial charge < -0.3 is 4.90 Å². The van der Waals surface area contributed by atoms with Crippen LogP contribution in [0.3, 0.4) is 0 Å². The lowest BCUT2D eigenvalue weighted by atomic mass is 10.2. The van der Waals surface area contributed by atoms with Crippen LogP contribution in [-0.4, -0.2) is 40.5 Å². The first-order chi connectivity index (χ1) is 11.9. The number of halogens is 1. The summed E-state index contributed by atoms with van der Waals surface area (Å²) in [6.45, 7) is 0.181. The molecular weight excluding hydrogens is 371 g/mol. The van der Waals surface area contributed by atoms with Crippen LogP contribution in [0, 0.1) is 5.82 Å². The molecular formula is C14H13FN4O4S2. The number of hydrogen-bond donors (Lipinski definition) is 2. The maximum absolute atomic E-state index is 14.5. The lowest BCUT2D eigenvalue weighted by Gasteiger charge is -2.20. The van der Waals surface area contributed by atoms with E-state index in [0.717, 1.165) is 9.78 Å². The molecule has 1 amide bonds. The molecule has 0 spiro atoms. The van der Waals surface area contributed by atoms with Crippen LogP contribution in [0.25, 0.3) is 5.69 Å². The molecule has 0 aliphatic carbocycles. The van der Waals surface area contributed by atoms with Crippen molar-refractivity contribution < 1.29 is 17.9 Å². The first-order valence-electron chi connectivity index (χ1n) is 7.14. The maximum atomic E-state index is 14.5. The Hall–Kier alpha value is -2.08. The van der Waals surface area contributed by atoms with Gasteiger partial charge in [-0.25, -0.2) is 18.4 Å². The highest BCUT2D eigenvalue weighted by molar-refractivity contribution is 7.93. The van der Waals surface area contributed by atoms with Crippen molar-refractivity contribution in [1.29, 1.82) is 0 Å². The third-order valence-electron chi connectivity index (χ3n) is 3.82. The lowest BCUT2D eigenvalue weighted by Crippen LogP contribution is -2.38. The van der Waals surface area contributed by atoms with Crippen LogP contribution >= 0.6 is 12.8 Å². The molecule has 8 nitrogen and oxygen atoms in total. The van der Waals surface area contributed by atoms with E-state index in [2.05, 4.69) is 17.8 Å². The summed E-state index contributed by atoms with van der Waals surface area (Å²) in [5.41, 5.74) is -0.253. The van der Waals surface area contributed by atoms with Crippen molar-refractivity contribution in [3.63, 3.8) is 0 Å². The summed E-state index contributed by atoms with van der Waals surface area (Å²) in [5, 5.41) is 0. The first-order valence-corrected chi connectivity index (χ1v) is 8.60. The zero-order chi connectivity index (χ0) is 18.1. The Bertz CT molecular complexity index is 906. The normalized spacial score (nSPS) is 18.8. The number of aromatic nitrogens is 2. The average molecular weight is 384 g/mol. The van der Waals surface area contributed by atoms with Crippen LogP contribution < -0.4 is 10.6 Å². The zero-order valence-electron chi connectivity index (χ0n) is 12.6. The number of thiol groups is 1. The minimum atomic E-state index is -2.42. The molecule has 1 aliphatic heterocycles. The zero-order valence-corrected chi connectivity index (χ0v) is 14.4. The van der Waals surface area contributed by atoms with Crippen LogP contribution in [0.15, 0.2) is 41.5 Å².